The molecule has 2 aromatic carbocycles. The smallest absolute Gasteiger partial charge is 0.416 e. The monoisotopic (exact) mass is 394 g/mol. The minimum absolute atomic E-state index is 0.0175. The van der Waals surface area contributed by atoms with Gasteiger partial charge in [0, 0.05) is 0 Å². The Morgan fingerprint density at radius 3 is 2.64 bits per heavy atom. The highest BCUT2D eigenvalue weighted by Gasteiger charge is 2.32. The predicted molar refractivity (Wildman–Crippen MR) is 97.1 cm³/mol. The lowest BCUT2D eigenvalue weighted by Crippen LogP contribution is -2.06. The summed E-state index contributed by atoms with van der Waals surface area (Å²) in [6.45, 7) is 2.14. The second kappa shape index (κ2) is 8.12. The van der Waals surface area contributed by atoms with Gasteiger partial charge in [0.2, 0.25) is 0 Å². The SMILES string of the molecule is CCCOc1cc(C(F)(F)F)ccc1Oc1ccc2c(c1)CC[C@H]2CC(=O)O. The molecule has 1 aliphatic rings. The van der Waals surface area contributed by atoms with Crippen LogP contribution >= 0.6 is 0 Å². The molecule has 7 heteroatoms. The summed E-state index contributed by atoms with van der Waals surface area (Å²) in [6, 6.07) is 8.53. The van der Waals surface area contributed by atoms with Crippen molar-refractivity contribution in [3.63, 3.8) is 0 Å². The Balaban J connectivity index is 1.84. The quantitative estimate of drug-likeness (QED) is 0.646. The van der Waals surface area contributed by atoms with Gasteiger partial charge in [-0.05, 0) is 66.6 Å². The lowest BCUT2D eigenvalue weighted by Gasteiger charge is -2.16. The van der Waals surface area contributed by atoms with Crippen LogP contribution in [0.15, 0.2) is 36.4 Å². The van der Waals surface area contributed by atoms with Crippen LogP contribution in [0.3, 0.4) is 0 Å². The number of carboxylic acid groups (broad SMARTS) is 1. The van der Waals surface area contributed by atoms with Gasteiger partial charge in [0.05, 0.1) is 18.6 Å². The standard InChI is InChI=1S/C21H21F3O4/c1-2-9-27-19-12-15(21(22,23)24)5-8-18(19)28-16-6-7-17-13(10-16)3-4-14(17)11-20(25)26/h5-8,10,12,14H,2-4,9,11H2,1H3,(H,25,26)/t14-/m0/s1. The molecule has 0 fully saturated rings. The number of alkyl halides is 3. The van der Waals surface area contributed by atoms with Gasteiger partial charge in [-0.25, -0.2) is 0 Å². The van der Waals surface area contributed by atoms with Crippen molar-refractivity contribution in [3.05, 3.63) is 53.1 Å². The second-order valence-corrected chi connectivity index (χ2v) is 6.80. The van der Waals surface area contributed by atoms with Crippen molar-refractivity contribution in [2.75, 3.05) is 6.61 Å². The van der Waals surface area contributed by atoms with Crippen molar-refractivity contribution in [2.45, 2.75) is 44.7 Å². The minimum Gasteiger partial charge on any atom is -0.490 e. The summed E-state index contributed by atoms with van der Waals surface area (Å²) >= 11 is 0. The fourth-order valence-corrected chi connectivity index (χ4v) is 3.39. The van der Waals surface area contributed by atoms with Gasteiger partial charge in [0.1, 0.15) is 5.75 Å². The van der Waals surface area contributed by atoms with E-state index < -0.39 is 17.7 Å². The first-order valence-corrected chi connectivity index (χ1v) is 9.14. The highest BCUT2D eigenvalue weighted by molar-refractivity contribution is 5.68. The molecule has 1 N–H and O–H groups in total. The number of fused-ring (bicyclic) bond motifs is 1. The number of carbonyl (C=O) groups is 1. The molecule has 0 radical (unpaired) electrons. The number of hydrogen-bond donors (Lipinski definition) is 1. The molecule has 0 aromatic heterocycles. The summed E-state index contributed by atoms with van der Waals surface area (Å²) in [6.07, 6.45) is -2.22. The van der Waals surface area contributed by atoms with Crippen molar-refractivity contribution >= 4 is 5.97 Å². The van der Waals surface area contributed by atoms with Crippen LogP contribution in [-0.4, -0.2) is 17.7 Å². The Bertz CT molecular complexity index is 861. The van der Waals surface area contributed by atoms with Gasteiger partial charge in [-0.15, -0.1) is 0 Å². The van der Waals surface area contributed by atoms with E-state index >= 15 is 0 Å². The topological polar surface area (TPSA) is 55.8 Å². The molecule has 0 spiro atoms. The third kappa shape index (κ3) is 4.58. The van der Waals surface area contributed by atoms with Crippen LogP contribution in [0.2, 0.25) is 0 Å². The zero-order valence-corrected chi connectivity index (χ0v) is 15.4. The summed E-state index contributed by atoms with van der Waals surface area (Å²) < 4.78 is 50.2. The van der Waals surface area contributed by atoms with Crippen molar-refractivity contribution in [1.82, 2.24) is 0 Å². The van der Waals surface area contributed by atoms with Crippen LogP contribution in [-0.2, 0) is 17.4 Å². The molecule has 3 rings (SSSR count). The molecular formula is C21H21F3O4. The second-order valence-electron chi connectivity index (χ2n) is 6.80. The number of hydrogen-bond acceptors (Lipinski definition) is 3. The normalized spacial score (nSPS) is 15.9. The Hall–Kier alpha value is -2.70. The molecule has 4 nitrogen and oxygen atoms in total. The Morgan fingerprint density at radius 1 is 1.18 bits per heavy atom. The van der Waals surface area contributed by atoms with Crippen LogP contribution < -0.4 is 9.47 Å². The van der Waals surface area contributed by atoms with Gasteiger partial charge in [0.25, 0.3) is 0 Å². The van der Waals surface area contributed by atoms with E-state index in [0.717, 1.165) is 36.1 Å². The Morgan fingerprint density at radius 2 is 1.96 bits per heavy atom. The van der Waals surface area contributed by atoms with E-state index in [0.29, 0.717) is 12.2 Å². The zero-order valence-electron chi connectivity index (χ0n) is 15.4. The van der Waals surface area contributed by atoms with E-state index in [9.17, 15) is 18.0 Å². The number of rotatable bonds is 7. The van der Waals surface area contributed by atoms with Crippen LogP contribution in [0.4, 0.5) is 13.2 Å². The highest BCUT2D eigenvalue weighted by atomic mass is 19.4. The van der Waals surface area contributed by atoms with Gasteiger partial charge in [-0.3, -0.25) is 4.79 Å². The molecule has 1 aliphatic carbocycles. The van der Waals surface area contributed by atoms with Gasteiger partial charge in [-0.2, -0.15) is 13.2 Å². The third-order valence-electron chi connectivity index (χ3n) is 4.70. The van der Waals surface area contributed by atoms with E-state index in [2.05, 4.69) is 0 Å². The molecule has 0 amide bonds. The summed E-state index contributed by atoms with van der Waals surface area (Å²) in [5.74, 6) is -0.116. The fraction of sp³-hybridized carbons (Fsp3) is 0.381. The van der Waals surface area contributed by atoms with Crippen LogP contribution in [0.25, 0.3) is 0 Å². The maximum atomic E-state index is 13.0. The highest BCUT2D eigenvalue weighted by Crippen LogP contribution is 2.41. The number of benzene rings is 2. The first-order chi connectivity index (χ1) is 13.3. The number of aliphatic carboxylic acids is 1. The number of aryl methyl sites for hydroxylation is 1. The zero-order chi connectivity index (χ0) is 20.3. The molecule has 0 saturated carbocycles. The van der Waals surface area contributed by atoms with Gasteiger partial charge in [-0.1, -0.05) is 13.0 Å². The average molecular weight is 394 g/mol. The fourth-order valence-electron chi connectivity index (χ4n) is 3.39. The molecule has 0 heterocycles. The molecule has 150 valence electrons. The van der Waals surface area contributed by atoms with Crippen LogP contribution in [0.1, 0.15) is 48.8 Å². The lowest BCUT2D eigenvalue weighted by molar-refractivity contribution is -0.138. The first kappa shape index (κ1) is 20.0. The number of ether oxygens (including phenoxy) is 2. The largest absolute Gasteiger partial charge is 0.490 e. The lowest BCUT2D eigenvalue weighted by atomic mass is 9.98. The van der Waals surface area contributed by atoms with Crippen molar-refractivity contribution in [1.29, 1.82) is 0 Å². The molecule has 0 aliphatic heterocycles. The predicted octanol–water partition coefficient (Wildman–Crippen LogP) is 5.79. The maximum absolute atomic E-state index is 13.0. The van der Waals surface area contributed by atoms with Gasteiger partial charge < -0.3 is 14.6 Å². The minimum atomic E-state index is -4.46. The summed E-state index contributed by atoms with van der Waals surface area (Å²) in [5, 5.41) is 9.01. The average Bonchev–Trinajstić information content (AvgIpc) is 3.01. The van der Waals surface area contributed by atoms with Gasteiger partial charge in [0.15, 0.2) is 11.5 Å². The van der Waals surface area contributed by atoms with Gasteiger partial charge >= 0.3 is 12.1 Å². The van der Waals surface area contributed by atoms with Crippen molar-refractivity contribution in [3.8, 4) is 17.2 Å². The molecule has 0 unspecified atom stereocenters. The van der Waals surface area contributed by atoms with Crippen LogP contribution in [0, 0.1) is 0 Å². The van der Waals surface area contributed by atoms with Crippen molar-refractivity contribution in [2.24, 2.45) is 0 Å². The van der Waals surface area contributed by atoms with E-state index in [4.69, 9.17) is 14.6 Å². The molecule has 1 atom stereocenters. The first-order valence-electron chi connectivity index (χ1n) is 9.14. The van der Waals surface area contributed by atoms with E-state index in [1.165, 1.54) is 6.07 Å². The Kier molecular flexibility index (Phi) is 5.82. The Labute approximate surface area is 160 Å². The summed E-state index contributed by atoms with van der Waals surface area (Å²) in [5.41, 5.74) is 1.20. The third-order valence-corrected chi connectivity index (χ3v) is 4.70. The van der Waals surface area contributed by atoms with Crippen LogP contribution in [0.5, 0.6) is 17.2 Å². The van der Waals surface area contributed by atoms with E-state index in [1.807, 2.05) is 19.1 Å². The summed E-state index contributed by atoms with van der Waals surface area (Å²) in [7, 11) is 0. The van der Waals surface area contributed by atoms with Crippen molar-refractivity contribution < 1.29 is 32.5 Å². The molecular weight excluding hydrogens is 373 g/mol. The molecule has 0 bridgehead atoms. The number of carboxylic acids is 1. The molecule has 28 heavy (non-hydrogen) atoms. The number of halogens is 3. The summed E-state index contributed by atoms with van der Waals surface area (Å²) in [4.78, 5) is 11.0. The van der Waals surface area contributed by atoms with E-state index in [-0.39, 0.29) is 30.4 Å². The maximum Gasteiger partial charge on any atom is 0.416 e. The molecule has 2 aromatic rings. The van der Waals surface area contributed by atoms with E-state index in [1.54, 1.807) is 6.07 Å². The molecule has 0 saturated heterocycles.